The van der Waals surface area contributed by atoms with E-state index >= 15 is 0 Å². The molecule has 0 bridgehead atoms. The van der Waals surface area contributed by atoms with Crippen molar-refractivity contribution >= 4 is 107 Å². The molecule has 0 saturated heterocycles. The van der Waals surface area contributed by atoms with Gasteiger partial charge in [-0.3, -0.25) is 82.1 Å². The summed E-state index contributed by atoms with van der Waals surface area (Å²) in [6.07, 6.45) is -6.56. The topological polar surface area (TPSA) is 716 Å². The molecule has 0 saturated carbocycles. The van der Waals surface area contributed by atoms with E-state index in [2.05, 4.69) is 62.8 Å². The van der Waals surface area contributed by atoms with Crippen LogP contribution >= 0.6 is 0 Å². The fourth-order valence-corrected chi connectivity index (χ4v) is 8.76. The summed E-state index contributed by atoms with van der Waals surface area (Å²) in [6, 6.07) is -16.2. The highest BCUT2D eigenvalue weighted by molar-refractivity contribution is 5.99. The number of carboxylic acids is 4. The Bertz CT molecular complexity index is 2740. The van der Waals surface area contributed by atoms with Crippen LogP contribution in [0.4, 0.5) is 0 Å². The minimum atomic E-state index is -1.79. The highest BCUT2D eigenvalue weighted by atomic mass is 16.4. The molecule has 0 fully saturated rings. The van der Waals surface area contributed by atoms with Gasteiger partial charge in [-0.15, -0.1) is 0 Å². The van der Waals surface area contributed by atoms with E-state index in [1.54, 1.807) is 27.7 Å². The van der Waals surface area contributed by atoms with Crippen LogP contribution in [0, 0.1) is 11.8 Å². The van der Waals surface area contributed by atoms with E-state index in [1.807, 2.05) is 0 Å². The maximum absolute atomic E-state index is 14.5. The van der Waals surface area contributed by atoms with Gasteiger partial charge in [0.05, 0.1) is 6.04 Å². The summed E-state index contributed by atoms with van der Waals surface area (Å²) in [6.45, 7) is 6.35. The first-order valence-electron chi connectivity index (χ1n) is 30.4. The zero-order valence-electron chi connectivity index (χ0n) is 53.7. The number of carbonyl (C=O) groups is 15. The van der Waals surface area contributed by atoms with Gasteiger partial charge in [-0.05, 0) is 95.3 Å². The predicted molar refractivity (Wildman–Crippen MR) is 339 cm³/mol. The van der Waals surface area contributed by atoms with Crippen LogP contribution in [-0.2, 0) is 71.9 Å². The summed E-state index contributed by atoms with van der Waals surface area (Å²) in [5.41, 5.74) is 49.3. The molecule has 95 heavy (non-hydrogen) atoms. The Labute approximate surface area is 547 Å². The Hall–Kier alpha value is -10.2. The molecule has 0 aliphatic rings. The van der Waals surface area contributed by atoms with Crippen LogP contribution in [-0.4, -0.2) is 207 Å². The molecule has 0 aliphatic heterocycles. The van der Waals surface area contributed by atoms with Crippen LogP contribution in [0.1, 0.15) is 143 Å². The number of nitrogens with one attached hydrogen (secondary N) is 9. The molecule has 0 unspecified atom stereocenters. The molecule has 0 aromatic carbocycles. The van der Waals surface area contributed by atoms with Gasteiger partial charge in [-0.25, -0.2) is 4.79 Å². The van der Waals surface area contributed by atoms with Crippen molar-refractivity contribution in [2.75, 3.05) is 19.6 Å². The molecular formula is C55H97N21O19. The molecule has 0 spiro atoms. The number of carboxylic acid groups (broad SMARTS) is 4. The molecule has 40 heteroatoms. The van der Waals surface area contributed by atoms with E-state index in [4.69, 9.17) is 56.7 Å². The lowest BCUT2D eigenvalue weighted by Crippen LogP contribution is -2.60. The molecule has 0 heterocycles. The Morgan fingerprint density at radius 2 is 0.526 bits per heavy atom. The lowest BCUT2D eigenvalue weighted by Gasteiger charge is -2.29. The first-order chi connectivity index (χ1) is 44.3. The number of hydrogen-bond donors (Lipinski definition) is 22. The van der Waals surface area contributed by atoms with Gasteiger partial charge in [0.2, 0.25) is 65.0 Å². The normalized spacial score (nSPS) is 14.1. The molecule has 0 radical (unpaired) electrons. The van der Waals surface area contributed by atoms with Gasteiger partial charge >= 0.3 is 23.9 Å². The highest BCUT2D eigenvalue weighted by Crippen LogP contribution is 2.14. The van der Waals surface area contributed by atoms with Crippen molar-refractivity contribution in [1.82, 2.24) is 47.9 Å². The SMILES string of the molecule is CC(C)C[C@H](NC(=O)[C@H](CCC(=O)O)NC(=O)[C@H](CCCN=C(N)N)NC(=O)[C@H](CC(C)C)NC(=O)[C@H](CCC(N)=O)NC(=O)[C@H](CCC(=O)O)NC(=O)[C@@H](N)CCC(=O)O)C(=O)N[C@@H](CCCN=C(N)N)C(=O)N[C@@H](CCCN=C(N)N)C(=O)N[C@@H](CCC(N)=O)C(=O)O. The monoisotopic (exact) mass is 1360 g/mol. The van der Waals surface area contributed by atoms with Crippen LogP contribution in [0.2, 0.25) is 0 Å². The van der Waals surface area contributed by atoms with Gasteiger partial charge < -0.3 is 120 Å². The van der Waals surface area contributed by atoms with Gasteiger partial charge in [-0.1, -0.05) is 27.7 Å². The number of amides is 11. The maximum atomic E-state index is 14.5. The number of nitrogens with two attached hydrogens (primary N) is 9. The third-order valence-corrected chi connectivity index (χ3v) is 13.6. The quantitative estimate of drug-likeness (QED) is 0.0153. The molecule has 11 amide bonds. The van der Waals surface area contributed by atoms with Crippen LogP contribution in [0.15, 0.2) is 15.0 Å². The van der Waals surface area contributed by atoms with Crippen molar-refractivity contribution in [3.05, 3.63) is 0 Å². The van der Waals surface area contributed by atoms with E-state index in [-0.39, 0.29) is 95.3 Å². The second-order valence-corrected chi connectivity index (χ2v) is 22.9. The number of aliphatic imine (C=N–C) groups is 3. The van der Waals surface area contributed by atoms with Gasteiger partial charge in [-0.2, -0.15) is 0 Å². The zero-order valence-corrected chi connectivity index (χ0v) is 53.7. The second kappa shape index (κ2) is 45.2. The van der Waals surface area contributed by atoms with E-state index in [1.165, 1.54) is 0 Å². The van der Waals surface area contributed by atoms with Crippen molar-refractivity contribution in [3.63, 3.8) is 0 Å². The molecule has 0 aromatic rings. The minimum absolute atomic E-state index is 0.0113. The van der Waals surface area contributed by atoms with Gasteiger partial charge in [0.25, 0.3) is 0 Å². The van der Waals surface area contributed by atoms with Gasteiger partial charge in [0.1, 0.15) is 54.4 Å². The van der Waals surface area contributed by atoms with Crippen LogP contribution in [0.25, 0.3) is 0 Å². The summed E-state index contributed by atoms with van der Waals surface area (Å²) in [4.78, 5) is 208. The Kier molecular flexibility index (Phi) is 40.3. The first-order valence-corrected chi connectivity index (χ1v) is 30.4. The highest BCUT2D eigenvalue weighted by Gasteiger charge is 2.37. The zero-order chi connectivity index (χ0) is 72.7. The second-order valence-electron chi connectivity index (χ2n) is 22.9. The summed E-state index contributed by atoms with van der Waals surface area (Å²) < 4.78 is 0. The minimum Gasteiger partial charge on any atom is -0.481 e. The summed E-state index contributed by atoms with van der Waals surface area (Å²) in [5, 5.41) is 59.8. The number of guanidine groups is 3. The van der Waals surface area contributed by atoms with Crippen LogP contribution in [0.3, 0.4) is 0 Å². The third-order valence-electron chi connectivity index (χ3n) is 13.6. The average Bonchev–Trinajstić information content (AvgIpc) is 0.907. The van der Waals surface area contributed by atoms with Gasteiger partial charge in [0, 0.05) is 51.7 Å². The first kappa shape index (κ1) is 84.8. The standard InChI is InChI=1S/C55H97N21O19/c1-26(2)24-36(75-48(90)32(12-16-38(57)77)72-47(89)33(14-19-41(81)82)68-43(85)28(56)11-18-40(79)80)50(92)71-30(9-6-22-66-54(61)62)45(87)73-34(15-20-42(83)84)49(91)76-37(25-27(3)4)51(93)70-29(8-5-21-65-53(59)60)44(86)69-31(10-7-23-67-55(63)64)46(88)74-35(52(94)95)13-17-39(58)78/h26-37H,5-25,56H2,1-4H3,(H2,57,77)(H2,58,78)(H,68,85)(H,69,86)(H,70,93)(H,71,92)(H,72,89)(H,73,87)(H,74,88)(H,75,90)(H,76,91)(H,79,80)(H,81,82)(H,83,84)(H,94,95)(H4,59,60,65)(H4,61,62,66)(H4,63,64,67)/t28-,29-,30-,31-,32-,33-,34-,35-,36-,37-/m0/s1. The number of rotatable bonds is 50. The number of aliphatic carboxylic acids is 4. The number of carbonyl (C=O) groups excluding carboxylic acids is 11. The van der Waals surface area contributed by atoms with Crippen LogP contribution < -0.4 is 99.5 Å². The van der Waals surface area contributed by atoms with E-state index in [0.717, 1.165) is 0 Å². The fraction of sp³-hybridized carbons (Fsp3) is 0.673. The predicted octanol–water partition coefficient (Wildman–Crippen LogP) is -7.86. The molecule has 31 N–H and O–H groups in total. The van der Waals surface area contributed by atoms with Crippen molar-refractivity contribution in [1.29, 1.82) is 0 Å². The molecule has 0 rings (SSSR count). The van der Waals surface area contributed by atoms with Crippen molar-refractivity contribution in [2.45, 2.75) is 204 Å². The third kappa shape index (κ3) is 39.1. The van der Waals surface area contributed by atoms with E-state index in [0.29, 0.717) is 0 Å². The van der Waals surface area contributed by atoms with Crippen molar-refractivity contribution in [2.24, 2.45) is 78.4 Å². The lowest BCUT2D eigenvalue weighted by molar-refractivity contribution is -0.143. The van der Waals surface area contributed by atoms with Crippen molar-refractivity contribution < 1.29 is 92.3 Å². The molecule has 536 valence electrons. The maximum Gasteiger partial charge on any atom is 0.326 e. The van der Waals surface area contributed by atoms with E-state index in [9.17, 15) is 87.2 Å². The van der Waals surface area contributed by atoms with Gasteiger partial charge in [0.15, 0.2) is 17.9 Å². The molecule has 40 nitrogen and oxygen atoms in total. The summed E-state index contributed by atoms with van der Waals surface area (Å²) in [7, 11) is 0. The molecule has 10 atom stereocenters. The summed E-state index contributed by atoms with van der Waals surface area (Å²) in [5.74, 6) is -18.9. The molecular weight excluding hydrogens is 1260 g/mol. The largest absolute Gasteiger partial charge is 0.481 e. The Morgan fingerprint density at radius 1 is 0.305 bits per heavy atom. The molecule has 0 aliphatic carbocycles. The van der Waals surface area contributed by atoms with Crippen LogP contribution in [0.5, 0.6) is 0 Å². The number of primary amides is 2. The van der Waals surface area contributed by atoms with Crippen molar-refractivity contribution in [3.8, 4) is 0 Å². The number of nitrogens with zero attached hydrogens (tertiary/aromatic N) is 3. The summed E-state index contributed by atoms with van der Waals surface area (Å²) >= 11 is 0. The fourth-order valence-electron chi connectivity index (χ4n) is 8.76. The van der Waals surface area contributed by atoms with E-state index < -0.39 is 219 Å². The Morgan fingerprint density at radius 3 is 0.779 bits per heavy atom. The Balaban J connectivity index is 7.39. The lowest BCUT2D eigenvalue weighted by atomic mass is 10.00. The average molecular weight is 1360 g/mol. The number of hydrogen-bond acceptors (Lipinski definition) is 19. The molecule has 0 aromatic heterocycles. The smallest absolute Gasteiger partial charge is 0.326 e.